The quantitative estimate of drug-likeness (QED) is 0.669. The molecule has 0 amide bonds. The first-order chi connectivity index (χ1) is 10.4. The maximum Gasteiger partial charge on any atom is 0.334 e. The van der Waals surface area contributed by atoms with Gasteiger partial charge in [-0.05, 0) is 40.2 Å². The van der Waals surface area contributed by atoms with Crippen LogP contribution < -0.4 is 0 Å². The summed E-state index contributed by atoms with van der Waals surface area (Å²) in [6.07, 6.45) is 2.72. The van der Waals surface area contributed by atoms with Crippen LogP contribution in [-0.4, -0.2) is 49.5 Å². The summed E-state index contributed by atoms with van der Waals surface area (Å²) in [6.45, 7) is 7.12. The van der Waals surface area contributed by atoms with E-state index in [0.717, 1.165) is 11.6 Å². The molecule has 1 aliphatic heterocycles. The van der Waals surface area contributed by atoms with Gasteiger partial charge in [0, 0.05) is 12.3 Å². The van der Waals surface area contributed by atoms with Gasteiger partial charge >= 0.3 is 5.97 Å². The number of carboxylic acid groups (broad SMARTS) is 1. The van der Waals surface area contributed by atoms with Gasteiger partial charge in [0.05, 0.1) is 11.2 Å². The normalized spacial score (nSPS) is 43.3. The van der Waals surface area contributed by atoms with Crippen molar-refractivity contribution in [2.24, 2.45) is 5.92 Å². The number of hydrogen-bond acceptors (Lipinski definition) is 5. The third kappa shape index (κ3) is 1.74. The zero-order valence-corrected chi connectivity index (χ0v) is 13.7. The van der Waals surface area contributed by atoms with Crippen molar-refractivity contribution in [3.63, 3.8) is 0 Å². The Labute approximate surface area is 134 Å². The highest BCUT2D eigenvalue weighted by molar-refractivity contribution is 6.07. The molecule has 2 fully saturated rings. The molecule has 0 spiro atoms. The van der Waals surface area contributed by atoms with Gasteiger partial charge in [0.25, 0.3) is 0 Å². The summed E-state index contributed by atoms with van der Waals surface area (Å²) in [6, 6.07) is 0. The minimum atomic E-state index is -1.95. The molecule has 6 heteroatoms. The number of ketones is 1. The number of carboxylic acids is 1. The van der Waals surface area contributed by atoms with Crippen LogP contribution in [0.4, 0.5) is 0 Å². The molecule has 4 bridgehead atoms. The van der Waals surface area contributed by atoms with E-state index < -0.39 is 40.1 Å². The van der Waals surface area contributed by atoms with Crippen LogP contribution in [0.2, 0.25) is 0 Å². The number of ether oxygens (including phenoxy) is 1. The van der Waals surface area contributed by atoms with Crippen molar-refractivity contribution in [2.75, 3.05) is 0 Å². The van der Waals surface area contributed by atoms with Crippen molar-refractivity contribution < 1.29 is 29.6 Å². The molecule has 3 N–H and O–H groups in total. The van der Waals surface area contributed by atoms with Gasteiger partial charge < -0.3 is 20.1 Å². The SMILES string of the molecule is CC(C)=CC[C@]12OC(C)(C)[C@@H]3C[C@@](O)(C=C(C(=O)O)[C@@]31O)C2=O. The molecular formula is C17H22O6. The molecule has 6 nitrogen and oxygen atoms in total. The molecule has 0 aromatic carbocycles. The van der Waals surface area contributed by atoms with Crippen LogP contribution in [0.3, 0.4) is 0 Å². The van der Waals surface area contributed by atoms with Gasteiger partial charge in [0.15, 0.2) is 5.60 Å². The zero-order valence-electron chi connectivity index (χ0n) is 13.7. The number of hydrogen-bond donors (Lipinski definition) is 3. The Morgan fingerprint density at radius 1 is 1.39 bits per heavy atom. The highest BCUT2D eigenvalue weighted by Crippen LogP contribution is 2.65. The number of carbonyl (C=O) groups is 2. The first-order valence-corrected chi connectivity index (χ1v) is 7.70. The van der Waals surface area contributed by atoms with E-state index in [1.54, 1.807) is 19.9 Å². The lowest BCUT2D eigenvalue weighted by atomic mass is 9.51. The van der Waals surface area contributed by atoms with Crippen LogP contribution >= 0.6 is 0 Å². The minimum Gasteiger partial charge on any atom is -0.478 e. The summed E-state index contributed by atoms with van der Waals surface area (Å²) in [4.78, 5) is 24.6. The van der Waals surface area contributed by atoms with Crippen molar-refractivity contribution in [3.8, 4) is 0 Å². The van der Waals surface area contributed by atoms with E-state index in [9.17, 15) is 24.9 Å². The van der Waals surface area contributed by atoms with Gasteiger partial charge in [0.1, 0.15) is 11.2 Å². The van der Waals surface area contributed by atoms with Crippen molar-refractivity contribution >= 4 is 11.8 Å². The maximum atomic E-state index is 13.0. The molecule has 1 saturated carbocycles. The first kappa shape index (κ1) is 16.4. The van der Waals surface area contributed by atoms with E-state index in [2.05, 4.69) is 0 Å². The molecule has 3 aliphatic carbocycles. The second-order valence-corrected chi connectivity index (χ2v) is 7.66. The third-order valence-corrected chi connectivity index (χ3v) is 5.49. The van der Waals surface area contributed by atoms with Crippen molar-refractivity contribution in [1.29, 1.82) is 0 Å². The fourth-order valence-electron chi connectivity index (χ4n) is 4.49. The Morgan fingerprint density at radius 2 is 2.00 bits per heavy atom. The van der Waals surface area contributed by atoms with Crippen LogP contribution in [-0.2, 0) is 14.3 Å². The fourth-order valence-corrected chi connectivity index (χ4v) is 4.49. The summed E-state index contributed by atoms with van der Waals surface area (Å²) >= 11 is 0. The molecule has 4 aliphatic rings. The summed E-state index contributed by atoms with van der Waals surface area (Å²) in [7, 11) is 0. The topological polar surface area (TPSA) is 104 Å². The lowest BCUT2D eigenvalue weighted by molar-refractivity contribution is -0.193. The molecule has 23 heavy (non-hydrogen) atoms. The Morgan fingerprint density at radius 3 is 2.52 bits per heavy atom. The van der Waals surface area contributed by atoms with E-state index in [1.165, 1.54) is 0 Å². The monoisotopic (exact) mass is 322 g/mol. The van der Waals surface area contributed by atoms with E-state index in [-0.39, 0.29) is 18.4 Å². The van der Waals surface area contributed by atoms with Crippen molar-refractivity contribution in [2.45, 2.75) is 62.9 Å². The van der Waals surface area contributed by atoms with Crippen LogP contribution in [0.1, 0.15) is 40.5 Å². The zero-order chi connectivity index (χ0) is 17.4. The van der Waals surface area contributed by atoms with E-state index in [0.29, 0.717) is 0 Å². The van der Waals surface area contributed by atoms with Gasteiger partial charge in [-0.2, -0.15) is 0 Å². The van der Waals surface area contributed by atoms with Crippen LogP contribution in [0.15, 0.2) is 23.3 Å². The predicted octanol–water partition coefficient (Wildman–Crippen LogP) is 0.966. The van der Waals surface area contributed by atoms with Crippen LogP contribution in [0.25, 0.3) is 0 Å². The molecule has 1 heterocycles. The molecule has 1 saturated heterocycles. The minimum absolute atomic E-state index is 0.0253. The number of aliphatic hydroxyl groups is 2. The summed E-state index contributed by atoms with van der Waals surface area (Å²) < 4.78 is 6.00. The molecule has 0 aromatic heterocycles. The van der Waals surface area contributed by atoms with Crippen LogP contribution in [0.5, 0.6) is 0 Å². The van der Waals surface area contributed by atoms with Gasteiger partial charge in [-0.25, -0.2) is 4.79 Å². The lowest BCUT2D eigenvalue weighted by Gasteiger charge is -2.54. The Hall–Kier alpha value is -1.50. The Bertz CT molecular complexity index is 671. The third-order valence-electron chi connectivity index (χ3n) is 5.49. The Kier molecular flexibility index (Phi) is 3.07. The molecule has 0 unspecified atom stereocenters. The standard InChI is InChI=1S/C17H22O6/c1-9(2)5-6-16-13(20)15(21)7-10(12(18)19)17(16,22)11(8-15)14(3,4)23-16/h5,7,11,21-22H,6,8H2,1-4H3,(H,18,19)/t11-,15-,16+,17+/m0/s1. The summed E-state index contributed by atoms with van der Waals surface area (Å²) in [5, 5.41) is 31.7. The molecule has 0 radical (unpaired) electrons. The number of aliphatic carboxylic acids is 1. The first-order valence-electron chi connectivity index (χ1n) is 7.70. The molecule has 4 atom stereocenters. The second-order valence-electron chi connectivity index (χ2n) is 7.66. The molecule has 4 rings (SSSR count). The fraction of sp³-hybridized carbons (Fsp3) is 0.647. The van der Waals surface area contributed by atoms with Crippen molar-refractivity contribution in [1.82, 2.24) is 0 Å². The van der Waals surface area contributed by atoms with Gasteiger partial charge in [-0.3, -0.25) is 4.79 Å². The van der Waals surface area contributed by atoms with Gasteiger partial charge in [-0.15, -0.1) is 0 Å². The second kappa shape index (κ2) is 4.32. The number of rotatable bonds is 3. The van der Waals surface area contributed by atoms with Gasteiger partial charge in [0.2, 0.25) is 5.78 Å². The highest BCUT2D eigenvalue weighted by Gasteiger charge is 2.81. The van der Waals surface area contributed by atoms with E-state index >= 15 is 0 Å². The summed E-state index contributed by atoms with van der Waals surface area (Å²) in [5.74, 6) is -2.68. The molecule has 0 aromatic rings. The van der Waals surface area contributed by atoms with Crippen molar-refractivity contribution in [3.05, 3.63) is 23.3 Å². The van der Waals surface area contributed by atoms with Gasteiger partial charge in [-0.1, -0.05) is 11.6 Å². The summed E-state index contributed by atoms with van der Waals surface area (Å²) in [5.41, 5.74) is -5.99. The number of allylic oxidation sites excluding steroid dienone is 1. The van der Waals surface area contributed by atoms with E-state index in [4.69, 9.17) is 4.74 Å². The highest BCUT2D eigenvalue weighted by atomic mass is 16.6. The Balaban J connectivity index is 2.30. The average Bonchev–Trinajstić information content (AvgIpc) is 2.56. The number of Topliss-reactive ketones (excluding diaryl/α,β-unsaturated/α-hetero) is 1. The predicted molar refractivity (Wildman–Crippen MR) is 80.7 cm³/mol. The average molecular weight is 322 g/mol. The largest absolute Gasteiger partial charge is 0.478 e. The molecule has 126 valence electrons. The smallest absolute Gasteiger partial charge is 0.334 e. The maximum absolute atomic E-state index is 13.0. The lowest BCUT2D eigenvalue weighted by Crippen LogP contribution is -2.73. The molecular weight excluding hydrogens is 300 g/mol. The van der Waals surface area contributed by atoms with E-state index in [1.807, 2.05) is 13.8 Å². The number of carbonyl (C=O) groups excluding carboxylic acids is 1. The van der Waals surface area contributed by atoms with Crippen LogP contribution in [0, 0.1) is 5.92 Å².